The SMILES string of the molecule is C=C(Cc1ccc(/C=C/C(=O)C(CCCC)=C(C)C)cc1)CC(C)C. The molecule has 136 valence electrons. The number of ketones is 1. The van der Waals surface area contributed by atoms with Crippen LogP contribution < -0.4 is 0 Å². The van der Waals surface area contributed by atoms with Crippen LogP contribution in [0.5, 0.6) is 0 Å². The molecule has 0 heterocycles. The summed E-state index contributed by atoms with van der Waals surface area (Å²) in [6.45, 7) is 14.8. The maximum absolute atomic E-state index is 12.4. The predicted molar refractivity (Wildman–Crippen MR) is 111 cm³/mol. The highest BCUT2D eigenvalue weighted by atomic mass is 16.1. The van der Waals surface area contributed by atoms with Gasteiger partial charge >= 0.3 is 0 Å². The van der Waals surface area contributed by atoms with Crippen LogP contribution in [0.2, 0.25) is 0 Å². The number of hydrogen-bond donors (Lipinski definition) is 0. The van der Waals surface area contributed by atoms with Crippen molar-refractivity contribution < 1.29 is 4.79 Å². The van der Waals surface area contributed by atoms with E-state index in [2.05, 4.69) is 51.6 Å². The topological polar surface area (TPSA) is 17.1 Å². The Hall–Kier alpha value is -1.89. The van der Waals surface area contributed by atoms with Crippen LogP contribution in [-0.2, 0) is 11.2 Å². The molecule has 0 saturated carbocycles. The fraction of sp³-hybridized carbons (Fsp3) is 0.458. The van der Waals surface area contributed by atoms with Gasteiger partial charge in [-0.05, 0) is 68.2 Å². The van der Waals surface area contributed by atoms with Crippen molar-refractivity contribution in [1.29, 1.82) is 0 Å². The number of rotatable bonds is 10. The zero-order valence-corrected chi connectivity index (χ0v) is 16.7. The Labute approximate surface area is 154 Å². The second-order valence-electron chi connectivity index (χ2n) is 7.55. The minimum Gasteiger partial charge on any atom is -0.290 e. The molecule has 1 nitrogen and oxygen atoms in total. The molecule has 0 fully saturated rings. The maximum atomic E-state index is 12.4. The molecule has 0 unspecified atom stereocenters. The Morgan fingerprint density at radius 3 is 2.32 bits per heavy atom. The molecular formula is C24H34O. The van der Waals surface area contributed by atoms with Gasteiger partial charge in [0.25, 0.3) is 0 Å². The van der Waals surface area contributed by atoms with Crippen molar-refractivity contribution in [2.24, 2.45) is 5.92 Å². The number of benzene rings is 1. The lowest BCUT2D eigenvalue weighted by Crippen LogP contribution is -2.01. The summed E-state index contributed by atoms with van der Waals surface area (Å²) in [5, 5.41) is 0. The summed E-state index contributed by atoms with van der Waals surface area (Å²) in [6.07, 6.45) is 8.68. The Balaban J connectivity index is 2.70. The van der Waals surface area contributed by atoms with E-state index in [0.29, 0.717) is 5.92 Å². The number of unbranched alkanes of at least 4 members (excludes halogenated alkanes) is 1. The van der Waals surface area contributed by atoms with Crippen molar-refractivity contribution in [3.8, 4) is 0 Å². The summed E-state index contributed by atoms with van der Waals surface area (Å²) >= 11 is 0. The van der Waals surface area contributed by atoms with Crippen LogP contribution in [0.15, 0.2) is 53.6 Å². The molecule has 0 saturated heterocycles. The molecule has 1 rings (SSSR count). The van der Waals surface area contributed by atoms with Crippen molar-refractivity contribution in [1.82, 2.24) is 0 Å². The van der Waals surface area contributed by atoms with Crippen LogP contribution in [0.25, 0.3) is 6.08 Å². The zero-order chi connectivity index (χ0) is 18.8. The molecule has 0 aliphatic carbocycles. The Morgan fingerprint density at radius 1 is 1.16 bits per heavy atom. The lowest BCUT2D eigenvalue weighted by atomic mass is 9.97. The molecule has 1 heteroatoms. The first-order chi connectivity index (χ1) is 11.8. The first kappa shape index (κ1) is 21.2. The summed E-state index contributed by atoms with van der Waals surface area (Å²) < 4.78 is 0. The summed E-state index contributed by atoms with van der Waals surface area (Å²) in [5.74, 6) is 0.792. The van der Waals surface area contributed by atoms with Crippen molar-refractivity contribution in [2.75, 3.05) is 0 Å². The number of carbonyl (C=O) groups excluding carboxylic acids is 1. The van der Waals surface area contributed by atoms with Gasteiger partial charge in [0.05, 0.1) is 0 Å². The minimum atomic E-state index is 0.142. The van der Waals surface area contributed by atoms with Crippen LogP contribution >= 0.6 is 0 Å². The molecule has 1 aromatic rings. The highest BCUT2D eigenvalue weighted by Crippen LogP contribution is 2.17. The average Bonchev–Trinajstić information content (AvgIpc) is 2.53. The van der Waals surface area contributed by atoms with E-state index in [1.54, 1.807) is 6.08 Å². The molecule has 0 amide bonds. The highest BCUT2D eigenvalue weighted by Gasteiger charge is 2.07. The fourth-order valence-corrected chi connectivity index (χ4v) is 2.93. The second-order valence-corrected chi connectivity index (χ2v) is 7.55. The molecule has 0 spiro atoms. The van der Waals surface area contributed by atoms with E-state index in [0.717, 1.165) is 48.8 Å². The van der Waals surface area contributed by atoms with Gasteiger partial charge in [-0.2, -0.15) is 0 Å². The fourth-order valence-electron chi connectivity index (χ4n) is 2.93. The summed E-state index contributed by atoms with van der Waals surface area (Å²) in [7, 11) is 0. The maximum Gasteiger partial charge on any atom is 0.181 e. The van der Waals surface area contributed by atoms with E-state index in [1.807, 2.05) is 19.9 Å². The third kappa shape index (κ3) is 8.16. The molecule has 0 bridgehead atoms. The second kappa shape index (κ2) is 10.9. The molecule has 0 atom stereocenters. The first-order valence-corrected chi connectivity index (χ1v) is 9.47. The summed E-state index contributed by atoms with van der Waals surface area (Å²) in [4.78, 5) is 12.4. The number of carbonyl (C=O) groups is 1. The molecule has 0 aliphatic rings. The highest BCUT2D eigenvalue weighted by molar-refractivity contribution is 6.06. The molecule has 25 heavy (non-hydrogen) atoms. The van der Waals surface area contributed by atoms with Gasteiger partial charge in [0.2, 0.25) is 0 Å². The van der Waals surface area contributed by atoms with E-state index in [-0.39, 0.29) is 5.78 Å². The lowest BCUT2D eigenvalue weighted by Gasteiger charge is -2.09. The van der Waals surface area contributed by atoms with Gasteiger partial charge in [-0.15, -0.1) is 0 Å². The lowest BCUT2D eigenvalue weighted by molar-refractivity contribution is -0.111. The average molecular weight is 339 g/mol. The van der Waals surface area contributed by atoms with Crippen molar-refractivity contribution in [2.45, 2.75) is 66.7 Å². The number of hydrogen-bond acceptors (Lipinski definition) is 1. The molecular weight excluding hydrogens is 304 g/mol. The van der Waals surface area contributed by atoms with Crippen LogP contribution in [0.4, 0.5) is 0 Å². The predicted octanol–water partition coefficient (Wildman–Crippen LogP) is 6.94. The molecule has 1 aromatic carbocycles. The quantitative estimate of drug-likeness (QED) is 0.333. The molecule has 0 radical (unpaired) electrons. The largest absolute Gasteiger partial charge is 0.290 e. The normalized spacial score (nSPS) is 11.1. The Kier molecular flexibility index (Phi) is 9.20. The third-order valence-electron chi connectivity index (χ3n) is 4.24. The summed E-state index contributed by atoms with van der Waals surface area (Å²) in [6, 6.07) is 8.43. The van der Waals surface area contributed by atoms with E-state index in [4.69, 9.17) is 0 Å². The monoisotopic (exact) mass is 338 g/mol. The van der Waals surface area contributed by atoms with Gasteiger partial charge in [0.1, 0.15) is 0 Å². The number of allylic oxidation sites excluding steroid dienone is 4. The van der Waals surface area contributed by atoms with Crippen LogP contribution in [0, 0.1) is 5.92 Å². The first-order valence-electron chi connectivity index (χ1n) is 9.47. The Morgan fingerprint density at radius 2 is 1.80 bits per heavy atom. The van der Waals surface area contributed by atoms with Gasteiger partial charge in [-0.3, -0.25) is 4.79 Å². The van der Waals surface area contributed by atoms with E-state index >= 15 is 0 Å². The van der Waals surface area contributed by atoms with Gasteiger partial charge in [-0.25, -0.2) is 0 Å². The summed E-state index contributed by atoms with van der Waals surface area (Å²) in [5.41, 5.74) is 5.71. The van der Waals surface area contributed by atoms with E-state index in [9.17, 15) is 4.79 Å². The molecule has 0 aromatic heterocycles. The van der Waals surface area contributed by atoms with Crippen molar-refractivity contribution in [3.63, 3.8) is 0 Å². The van der Waals surface area contributed by atoms with E-state index in [1.165, 1.54) is 11.1 Å². The van der Waals surface area contributed by atoms with E-state index < -0.39 is 0 Å². The molecule has 0 aliphatic heterocycles. The van der Waals surface area contributed by atoms with Crippen molar-refractivity contribution in [3.05, 3.63) is 64.8 Å². The standard InChI is InChI=1S/C24H34O/c1-7-8-9-23(19(4)5)24(25)15-14-21-10-12-22(13-11-21)17-20(6)16-18(2)3/h10-15,18H,6-9,16-17H2,1-5H3/b15-14+. The Bertz CT molecular complexity index is 623. The van der Waals surface area contributed by atoms with Crippen LogP contribution in [0.1, 0.15) is 71.4 Å². The van der Waals surface area contributed by atoms with Gasteiger partial charge < -0.3 is 0 Å². The third-order valence-corrected chi connectivity index (χ3v) is 4.24. The van der Waals surface area contributed by atoms with Crippen molar-refractivity contribution >= 4 is 11.9 Å². The molecule has 0 N–H and O–H groups in total. The van der Waals surface area contributed by atoms with Gasteiger partial charge in [0, 0.05) is 0 Å². The van der Waals surface area contributed by atoms with Gasteiger partial charge in [-0.1, -0.05) is 75.3 Å². The van der Waals surface area contributed by atoms with Crippen LogP contribution in [0.3, 0.4) is 0 Å². The zero-order valence-electron chi connectivity index (χ0n) is 16.7. The minimum absolute atomic E-state index is 0.142. The smallest absolute Gasteiger partial charge is 0.181 e. The van der Waals surface area contributed by atoms with Gasteiger partial charge in [0.15, 0.2) is 5.78 Å². The van der Waals surface area contributed by atoms with Crippen LogP contribution in [-0.4, -0.2) is 5.78 Å².